The van der Waals surface area contributed by atoms with Gasteiger partial charge in [0.15, 0.2) is 11.6 Å². The Bertz CT molecular complexity index is 735. The number of pyridine rings is 1. The van der Waals surface area contributed by atoms with E-state index in [0.29, 0.717) is 5.82 Å². The number of nitrogens with zero attached hydrogens (tertiary/aromatic N) is 1. The van der Waals surface area contributed by atoms with Gasteiger partial charge in [-0.15, -0.1) is 0 Å². The molecular weight excluding hydrogens is 288 g/mol. The van der Waals surface area contributed by atoms with Crippen molar-refractivity contribution in [2.45, 2.75) is 4.90 Å². The van der Waals surface area contributed by atoms with Crippen LogP contribution in [-0.2, 0) is 10.0 Å². The quantitative estimate of drug-likeness (QED) is 0.908. The topological polar surface area (TPSA) is 71.1 Å². The van der Waals surface area contributed by atoms with Crippen LogP contribution < -0.4 is 10.0 Å². The van der Waals surface area contributed by atoms with Crippen LogP contribution in [0.5, 0.6) is 0 Å². The third-order valence-electron chi connectivity index (χ3n) is 2.49. The zero-order valence-corrected chi connectivity index (χ0v) is 11.2. The van der Waals surface area contributed by atoms with Crippen LogP contribution in [0.25, 0.3) is 0 Å². The van der Waals surface area contributed by atoms with Crippen LogP contribution in [0, 0.1) is 11.6 Å². The van der Waals surface area contributed by atoms with Crippen LogP contribution in [0.2, 0.25) is 0 Å². The van der Waals surface area contributed by atoms with E-state index < -0.39 is 27.3 Å². The van der Waals surface area contributed by atoms with Crippen molar-refractivity contribution in [1.29, 1.82) is 0 Å². The summed E-state index contributed by atoms with van der Waals surface area (Å²) in [6, 6.07) is 5.77. The summed E-state index contributed by atoms with van der Waals surface area (Å²) in [5, 5.41) is 2.69. The van der Waals surface area contributed by atoms with Gasteiger partial charge in [-0.05, 0) is 18.2 Å². The second-order valence-electron chi connectivity index (χ2n) is 3.83. The van der Waals surface area contributed by atoms with Crippen LogP contribution in [-0.4, -0.2) is 20.4 Å². The van der Waals surface area contributed by atoms with E-state index in [1.807, 2.05) is 4.72 Å². The number of nitrogens with one attached hydrogen (secondary N) is 2. The van der Waals surface area contributed by atoms with Gasteiger partial charge in [-0.2, -0.15) is 0 Å². The minimum Gasteiger partial charge on any atom is -0.373 e. The molecule has 0 spiro atoms. The van der Waals surface area contributed by atoms with Crippen LogP contribution >= 0.6 is 0 Å². The molecule has 0 saturated heterocycles. The first-order valence-corrected chi connectivity index (χ1v) is 7.03. The fourth-order valence-electron chi connectivity index (χ4n) is 1.50. The van der Waals surface area contributed by atoms with Crippen molar-refractivity contribution in [2.75, 3.05) is 17.1 Å². The molecule has 0 radical (unpaired) electrons. The molecule has 20 heavy (non-hydrogen) atoms. The van der Waals surface area contributed by atoms with Crippen molar-refractivity contribution < 1.29 is 17.2 Å². The van der Waals surface area contributed by atoms with Gasteiger partial charge in [-0.1, -0.05) is 6.07 Å². The monoisotopic (exact) mass is 299 g/mol. The highest BCUT2D eigenvalue weighted by Gasteiger charge is 2.18. The Morgan fingerprint density at radius 3 is 2.65 bits per heavy atom. The lowest BCUT2D eigenvalue weighted by Crippen LogP contribution is -2.14. The summed E-state index contributed by atoms with van der Waals surface area (Å²) in [6.45, 7) is 0. The van der Waals surface area contributed by atoms with Crippen LogP contribution in [0.4, 0.5) is 20.3 Å². The smallest absolute Gasteiger partial charge is 0.262 e. The lowest BCUT2D eigenvalue weighted by atomic mass is 10.3. The third-order valence-corrected chi connectivity index (χ3v) is 3.86. The number of hydrogen-bond acceptors (Lipinski definition) is 4. The Balaban J connectivity index is 2.38. The van der Waals surface area contributed by atoms with E-state index in [0.717, 1.165) is 12.1 Å². The Labute approximate surface area is 114 Å². The molecule has 0 aliphatic carbocycles. The van der Waals surface area contributed by atoms with E-state index in [1.54, 1.807) is 7.05 Å². The van der Waals surface area contributed by atoms with Crippen molar-refractivity contribution in [3.05, 3.63) is 48.2 Å². The minimum absolute atomic E-state index is 0.111. The fraction of sp³-hybridized carbons (Fsp3) is 0.0833. The highest BCUT2D eigenvalue weighted by atomic mass is 32.2. The van der Waals surface area contributed by atoms with Gasteiger partial charge >= 0.3 is 0 Å². The van der Waals surface area contributed by atoms with Crippen LogP contribution in [0.15, 0.2) is 41.4 Å². The molecule has 0 amide bonds. The largest absolute Gasteiger partial charge is 0.373 e. The molecular formula is C12H11F2N3O2S. The van der Waals surface area contributed by atoms with Gasteiger partial charge in [-0.3, -0.25) is 4.72 Å². The lowest BCUT2D eigenvalue weighted by Gasteiger charge is -2.10. The lowest BCUT2D eigenvalue weighted by molar-refractivity contribution is 0.511. The van der Waals surface area contributed by atoms with Crippen molar-refractivity contribution in [3.8, 4) is 0 Å². The first-order chi connectivity index (χ1) is 9.44. The molecule has 0 aliphatic heterocycles. The zero-order valence-electron chi connectivity index (χ0n) is 10.4. The molecule has 8 heteroatoms. The van der Waals surface area contributed by atoms with E-state index in [-0.39, 0.29) is 4.90 Å². The molecule has 2 rings (SSSR count). The number of hydrogen-bond donors (Lipinski definition) is 2. The molecule has 2 N–H and O–H groups in total. The number of anilines is 2. The maximum Gasteiger partial charge on any atom is 0.262 e. The summed E-state index contributed by atoms with van der Waals surface area (Å²) < 4.78 is 52.7. The van der Waals surface area contributed by atoms with Gasteiger partial charge < -0.3 is 5.32 Å². The standard InChI is InChI=1S/C12H11F2N3O2S/c1-15-11-7-8(5-6-16-11)20(18,19)17-10-4-2-3-9(13)12(10)14/h2-7,17H,1H3,(H,15,16). The van der Waals surface area contributed by atoms with E-state index in [4.69, 9.17) is 0 Å². The Morgan fingerprint density at radius 1 is 1.20 bits per heavy atom. The summed E-state index contributed by atoms with van der Waals surface area (Å²) in [5.41, 5.74) is -0.451. The molecule has 0 saturated carbocycles. The molecule has 0 atom stereocenters. The number of rotatable bonds is 4. The number of sulfonamides is 1. The van der Waals surface area contributed by atoms with Crippen molar-refractivity contribution in [2.24, 2.45) is 0 Å². The molecule has 0 unspecified atom stereocenters. The highest BCUT2D eigenvalue weighted by molar-refractivity contribution is 7.92. The van der Waals surface area contributed by atoms with E-state index in [1.165, 1.54) is 24.4 Å². The summed E-state index contributed by atoms with van der Waals surface area (Å²) in [7, 11) is -2.44. The molecule has 106 valence electrons. The van der Waals surface area contributed by atoms with E-state index in [9.17, 15) is 17.2 Å². The van der Waals surface area contributed by atoms with Gasteiger partial charge in [0, 0.05) is 19.3 Å². The van der Waals surface area contributed by atoms with Gasteiger partial charge in [0.1, 0.15) is 5.82 Å². The average molecular weight is 299 g/mol. The van der Waals surface area contributed by atoms with Crippen molar-refractivity contribution in [3.63, 3.8) is 0 Å². The van der Waals surface area contributed by atoms with Crippen LogP contribution in [0.3, 0.4) is 0 Å². The second-order valence-corrected chi connectivity index (χ2v) is 5.52. The highest BCUT2D eigenvalue weighted by Crippen LogP contribution is 2.21. The molecule has 0 aliphatic rings. The minimum atomic E-state index is -4.02. The maximum atomic E-state index is 13.5. The molecule has 1 aromatic carbocycles. The summed E-state index contributed by atoms with van der Waals surface area (Å²) in [5.74, 6) is -2.04. The Kier molecular flexibility index (Phi) is 3.84. The Hall–Kier alpha value is -2.22. The van der Waals surface area contributed by atoms with Crippen molar-refractivity contribution in [1.82, 2.24) is 4.98 Å². The van der Waals surface area contributed by atoms with Crippen molar-refractivity contribution >= 4 is 21.5 Å². The van der Waals surface area contributed by atoms with E-state index in [2.05, 4.69) is 10.3 Å². The van der Waals surface area contributed by atoms with Crippen LogP contribution in [0.1, 0.15) is 0 Å². The van der Waals surface area contributed by atoms with E-state index >= 15 is 0 Å². The Morgan fingerprint density at radius 2 is 1.95 bits per heavy atom. The summed E-state index contributed by atoms with van der Waals surface area (Å²) >= 11 is 0. The fourth-order valence-corrected chi connectivity index (χ4v) is 2.57. The number of halogens is 2. The van der Waals surface area contributed by atoms with Gasteiger partial charge in [0.2, 0.25) is 0 Å². The predicted molar refractivity (Wildman–Crippen MR) is 71.0 cm³/mol. The number of aromatic nitrogens is 1. The predicted octanol–water partition coefficient (Wildman–Crippen LogP) is 2.20. The van der Waals surface area contributed by atoms with Gasteiger partial charge in [0.25, 0.3) is 10.0 Å². The molecule has 1 heterocycles. The summed E-state index contributed by atoms with van der Waals surface area (Å²) in [4.78, 5) is 3.76. The summed E-state index contributed by atoms with van der Waals surface area (Å²) in [6.07, 6.45) is 1.29. The molecule has 2 aromatic rings. The van der Waals surface area contributed by atoms with Gasteiger partial charge in [-0.25, -0.2) is 22.2 Å². The zero-order chi connectivity index (χ0) is 14.8. The molecule has 0 bridgehead atoms. The maximum absolute atomic E-state index is 13.5. The first-order valence-electron chi connectivity index (χ1n) is 5.54. The second kappa shape index (κ2) is 5.41. The first kappa shape index (κ1) is 14.2. The molecule has 1 aromatic heterocycles. The van der Waals surface area contributed by atoms with Gasteiger partial charge in [0.05, 0.1) is 10.6 Å². The number of benzene rings is 1. The third kappa shape index (κ3) is 2.85. The molecule has 5 nitrogen and oxygen atoms in total. The molecule has 0 fully saturated rings. The average Bonchev–Trinajstić information content (AvgIpc) is 2.44. The normalized spacial score (nSPS) is 11.2. The SMILES string of the molecule is CNc1cc(S(=O)(=O)Nc2cccc(F)c2F)ccn1.